The van der Waals surface area contributed by atoms with Gasteiger partial charge < -0.3 is 75.0 Å². The lowest BCUT2D eigenvalue weighted by Gasteiger charge is -2.32. The lowest BCUT2D eigenvalue weighted by atomic mass is 10.00. The second-order valence-corrected chi connectivity index (χ2v) is 21.9. The highest BCUT2D eigenvalue weighted by Crippen LogP contribution is 2.39. The van der Waals surface area contributed by atoms with Crippen LogP contribution in [0.25, 0.3) is 10.9 Å². The van der Waals surface area contributed by atoms with E-state index in [1.54, 1.807) is 44.3 Å². The molecular weight excluding hydrogens is 1030 g/mol. The Bertz CT molecular complexity index is 2580. The SMILES string of the molecule is CSCC[C@H](NC(=O)[C@H](CC(C)C)NC(=O)[C@H](Cc1cnc[nH]1)NC(=O)CNC(=O)[C@H]1N(C(=O)[C@@H](C)NC(=O)[C@H](Cc2c[nH]c3ccccc23)NC(=O)[C@H](CCC(N)=O)NC(=O)[C@@H](N)CC(N)=O)CSC1(C)C)C(N)=O. The number of fused-ring (bicyclic) bond motifs is 1. The number of amides is 11. The number of nitrogens with zero attached hydrogens (tertiary/aromatic N) is 2. The highest BCUT2D eigenvalue weighted by molar-refractivity contribution is 8.00. The van der Waals surface area contributed by atoms with Gasteiger partial charge in [-0.25, -0.2) is 4.98 Å². The first-order valence-corrected chi connectivity index (χ1v) is 26.9. The van der Waals surface area contributed by atoms with Crippen molar-refractivity contribution in [3.8, 4) is 0 Å². The molecule has 1 aliphatic rings. The molecule has 0 spiro atoms. The Morgan fingerprint density at radius 2 is 1.39 bits per heavy atom. The van der Waals surface area contributed by atoms with Crippen LogP contribution in [-0.4, -0.2) is 162 Å². The summed E-state index contributed by atoms with van der Waals surface area (Å²) in [4.78, 5) is 157. The fourth-order valence-corrected chi connectivity index (χ4v) is 9.90. The maximum Gasteiger partial charge on any atom is 0.246 e. The van der Waals surface area contributed by atoms with Gasteiger partial charge in [-0.15, -0.1) is 11.8 Å². The van der Waals surface area contributed by atoms with Crippen LogP contribution >= 0.6 is 23.5 Å². The molecule has 2 aromatic heterocycles. The van der Waals surface area contributed by atoms with Crippen LogP contribution in [0.2, 0.25) is 0 Å². The van der Waals surface area contributed by atoms with E-state index in [9.17, 15) is 52.7 Å². The third-order valence-corrected chi connectivity index (χ3v) is 14.3. The van der Waals surface area contributed by atoms with E-state index in [-0.39, 0.29) is 50.3 Å². The van der Waals surface area contributed by atoms with Crippen LogP contribution in [0.5, 0.6) is 0 Å². The summed E-state index contributed by atoms with van der Waals surface area (Å²) in [6.45, 7) is 7.88. The van der Waals surface area contributed by atoms with E-state index in [1.807, 2.05) is 20.1 Å². The van der Waals surface area contributed by atoms with E-state index in [0.29, 0.717) is 17.0 Å². The number of hydrogen-bond donors (Lipinski definition) is 13. The lowest BCUT2D eigenvalue weighted by molar-refractivity contribution is -0.142. The molecular formula is C48H71N15O11S2. The number of nitrogens with two attached hydrogens (primary N) is 4. The second-order valence-electron chi connectivity index (χ2n) is 19.3. The number of para-hydroxylation sites is 1. The van der Waals surface area contributed by atoms with E-state index in [4.69, 9.17) is 22.9 Å². The molecule has 11 amide bonds. The van der Waals surface area contributed by atoms with E-state index in [0.717, 1.165) is 10.9 Å². The van der Waals surface area contributed by atoms with Crippen LogP contribution in [0.4, 0.5) is 0 Å². The zero-order chi connectivity index (χ0) is 56.4. The fourth-order valence-electron chi connectivity index (χ4n) is 8.29. The van der Waals surface area contributed by atoms with E-state index >= 15 is 0 Å². The van der Waals surface area contributed by atoms with Crippen LogP contribution in [0.3, 0.4) is 0 Å². The molecule has 0 radical (unpaired) electrons. The molecule has 4 rings (SSSR count). The second kappa shape index (κ2) is 28.6. The maximum absolute atomic E-state index is 14.3. The summed E-state index contributed by atoms with van der Waals surface area (Å²) in [5, 5.41) is 18.9. The number of benzene rings is 1. The number of carbonyl (C=O) groups excluding carboxylic acids is 11. The number of aromatic amines is 2. The van der Waals surface area contributed by atoms with Gasteiger partial charge in [0.05, 0.1) is 31.2 Å². The van der Waals surface area contributed by atoms with E-state index < -0.39 is 131 Å². The smallest absolute Gasteiger partial charge is 0.246 e. The Kier molecular flexibility index (Phi) is 23.1. The minimum absolute atomic E-state index is 0.000263. The predicted molar refractivity (Wildman–Crippen MR) is 284 cm³/mol. The molecule has 1 aromatic carbocycles. The molecule has 28 heteroatoms. The average Bonchev–Trinajstić information content (AvgIpc) is 4.10. The molecule has 8 atom stereocenters. The number of rotatable bonds is 30. The van der Waals surface area contributed by atoms with Crippen molar-refractivity contribution in [2.24, 2.45) is 28.9 Å². The number of primary amides is 3. The lowest BCUT2D eigenvalue weighted by Crippen LogP contribution is -2.60. The number of imidazole rings is 1. The van der Waals surface area contributed by atoms with Crippen LogP contribution in [0, 0.1) is 5.92 Å². The molecule has 0 unspecified atom stereocenters. The van der Waals surface area contributed by atoms with Gasteiger partial charge in [0.25, 0.3) is 0 Å². The van der Waals surface area contributed by atoms with Gasteiger partial charge in [0.1, 0.15) is 42.3 Å². The number of thioether (sulfide) groups is 2. The maximum atomic E-state index is 14.3. The van der Waals surface area contributed by atoms with Crippen molar-refractivity contribution in [3.05, 3.63) is 54.2 Å². The van der Waals surface area contributed by atoms with Gasteiger partial charge in [0, 0.05) is 53.0 Å². The highest BCUT2D eigenvalue weighted by atomic mass is 32.2. The van der Waals surface area contributed by atoms with E-state index in [2.05, 4.69) is 52.2 Å². The van der Waals surface area contributed by atoms with Crippen molar-refractivity contribution >= 4 is 99.4 Å². The minimum atomic E-state index is -1.46. The summed E-state index contributed by atoms with van der Waals surface area (Å²) >= 11 is 2.73. The summed E-state index contributed by atoms with van der Waals surface area (Å²) in [5.41, 5.74) is 23.7. The normalized spacial score (nSPS) is 16.7. The molecule has 0 bridgehead atoms. The Morgan fingerprint density at radius 3 is 2.03 bits per heavy atom. The molecule has 1 aliphatic heterocycles. The summed E-state index contributed by atoms with van der Waals surface area (Å²) in [5.74, 6) is -8.21. The minimum Gasteiger partial charge on any atom is -0.370 e. The Balaban J connectivity index is 1.50. The van der Waals surface area contributed by atoms with Gasteiger partial charge in [-0.2, -0.15) is 11.8 Å². The molecule has 1 fully saturated rings. The monoisotopic (exact) mass is 1100 g/mol. The first kappa shape index (κ1) is 61.3. The number of nitrogens with one attached hydrogen (secondary N) is 9. The zero-order valence-electron chi connectivity index (χ0n) is 43.3. The molecule has 17 N–H and O–H groups in total. The first-order chi connectivity index (χ1) is 35.8. The van der Waals surface area contributed by atoms with Gasteiger partial charge in [-0.3, -0.25) is 52.7 Å². The number of hydrogen-bond acceptors (Lipinski definition) is 15. The van der Waals surface area contributed by atoms with E-state index in [1.165, 1.54) is 47.9 Å². The third-order valence-electron chi connectivity index (χ3n) is 12.3. The zero-order valence-corrected chi connectivity index (χ0v) is 45.0. The standard InChI is InChI=1S/C48H71N15O11S2/c1-24(2)15-33(44(71)59-31(40(52)67)13-14-75-6)61-45(72)35(17-27-20-53-22-56-27)58-38(66)21-55-46(73)39-48(4,5)76-23-63(39)47(74)25(3)57-43(70)34(16-26-19-54-30-10-8-7-9-28(26)30)62-42(69)32(11-12-36(50)64)60-41(68)29(49)18-37(51)65/h7-10,19-20,22,24-25,29,31-35,39,54H,11-18,21,23,49H2,1-6H3,(H2,50,64)(H2,51,65)(H2,52,67)(H,53,56)(H,55,73)(H,57,70)(H,58,66)(H,59,71)(H,60,68)(H,61,72)(H,62,69)/t25-,29+,31+,32+,33+,34+,35+,39-/m1/s1. The molecule has 0 saturated carbocycles. The van der Waals surface area contributed by atoms with Crippen molar-refractivity contribution in [3.63, 3.8) is 0 Å². The van der Waals surface area contributed by atoms with Gasteiger partial charge in [-0.05, 0) is 69.6 Å². The Labute approximate surface area is 447 Å². The van der Waals surface area contributed by atoms with Crippen molar-refractivity contribution in [1.82, 2.24) is 57.1 Å². The van der Waals surface area contributed by atoms with Gasteiger partial charge in [0.15, 0.2) is 0 Å². The Morgan fingerprint density at radius 1 is 0.776 bits per heavy atom. The van der Waals surface area contributed by atoms with Crippen molar-refractivity contribution < 1.29 is 52.7 Å². The number of H-pyrrole nitrogens is 2. The molecule has 3 aromatic rings. The molecule has 3 heterocycles. The Hall–Kier alpha value is -7.20. The van der Waals surface area contributed by atoms with Crippen LogP contribution in [0.1, 0.15) is 78.0 Å². The summed E-state index contributed by atoms with van der Waals surface area (Å²) in [6, 6.07) is -2.99. The average molecular weight is 1100 g/mol. The van der Waals surface area contributed by atoms with Crippen molar-refractivity contribution in [2.75, 3.05) is 24.4 Å². The van der Waals surface area contributed by atoms with Gasteiger partial charge >= 0.3 is 0 Å². The summed E-state index contributed by atoms with van der Waals surface area (Å²) in [7, 11) is 0. The summed E-state index contributed by atoms with van der Waals surface area (Å²) < 4.78 is -0.923. The van der Waals surface area contributed by atoms with Crippen molar-refractivity contribution in [2.45, 2.75) is 133 Å². The molecule has 76 heavy (non-hydrogen) atoms. The largest absolute Gasteiger partial charge is 0.370 e. The third kappa shape index (κ3) is 18.3. The van der Waals surface area contributed by atoms with Crippen molar-refractivity contribution in [1.29, 1.82) is 0 Å². The molecule has 26 nitrogen and oxygen atoms in total. The molecule has 0 aliphatic carbocycles. The van der Waals surface area contributed by atoms with Crippen LogP contribution in [-0.2, 0) is 65.6 Å². The molecule has 1 saturated heterocycles. The number of carbonyl (C=O) groups is 11. The predicted octanol–water partition coefficient (Wildman–Crippen LogP) is -2.85. The van der Waals surface area contributed by atoms with Gasteiger partial charge in [0.2, 0.25) is 65.0 Å². The molecule has 416 valence electrons. The van der Waals surface area contributed by atoms with Crippen LogP contribution in [0.15, 0.2) is 43.0 Å². The first-order valence-electron chi connectivity index (χ1n) is 24.5. The fraction of sp³-hybridized carbons (Fsp3) is 0.542. The summed E-state index contributed by atoms with van der Waals surface area (Å²) in [6.07, 6.45) is 5.33. The quantitative estimate of drug-likeness (QED) is 0.0320. The van der Waals surface area contributed by atoms with Gasteiger partial charge in [-0.1, -0.05) is 32.0 Å². The number of aromatic nitrogens is 3. The topological polar surface area (TPSA) is 424 Å². The van der Waals surface area contributed by atoms with Crippen LogP contribution < -0.4 is 60.2 Å². The highest BCUT2D eigenvalue weighted by Gasteiger charge is 2.49.